The molecule has 3 aromatic heterocycles. The molecule has 0 radical (unpaired) electrons. The molecule has 3 aromatic rings. The van der Waals surface area contributed by atoms with Crippen molar-refractivity contribution in [3.63, 3.8) is 0 Å². The lowest BCUT2D eigenvalue weighted by atomic mass is 9.97. The number of nitrogens with one attached hydrogen (secondary N) is 1. The molecule has 4 heterocycles. The first-order chi connectivity index (χ1) is 12.8. The van der Waals surface area contributed by atoms with Gasteiger partial charge in [-0.15, -0.1) is 0 Å². The lowest BCUT2D eigenvalue weighted by Crippen LogP contribution is -2.44. The maximum absolute atomic E-state index is 12.5. The Labute approximate surface area is 152 Å². The largest absolute Gasteiger partial charge is 0.355 e. The second-order valence-corrected chi connectivity index (χ2v) is 6.57. The first kappa shape index (κ1) is 16.5. The smallest absolute Gasteiger partial charge is 0.225 e. The van der Waals surface area contributed by atoms with Crippen LogP contribution in [0, 0.1) is 5.92 Å². The minimum atomic E-state index is -0.0198. The van der Waals surface area contributed by atoms with Crippen molar-refractivity contribution in [2.24, 2.45) is 5.92 Å². The minimum Gasteiger partial charge on any atom is -0.355 e. The summed E-state index contributed by atoms with van der Waals surface area (Å²) in [5.74, 6) is 0.790. The van der Waals surface area contributed by atoms with Crippen LogP contribution in [0.3, 0.4) is 0 Å². The Morgan fingerprint density at radius 2 is 2.12 bits per heavy atom. The second kappa shape index (κ2) is 7.51. The first-order valence-electron chi connectivity index (χ1n) is 9.02. The summed E-state index contributed by atoms with van der Waals surface area (Å²) in [5, 5.41) is 3.06. The van der Waals surface area contributed by atoms with Gasteiger partial charge in [-0.2, -0.15) is 0 Å². The van der Waals surface area contributed by atoms with E-state index in [1.54, 1.807) is 18.5 Å². The third-order valence-electron chi connectivity index (χ3n) is 4.72. The number of hydrogen-bond donors (Lipinski definition) is 1. The van der Waals surface area contributed by atoms with Crippen molar-refractivity contribution in [3.05, 3.63) is 54.7 Å². The SMILES string of the molecule is O=C(NCCc1cn2ccccc2n1)C1CCCN(c2ncccn2)C1. The van der Waals surface area contributed by atoms with E-state index in [0.717, 1.165) is 37.1 Å². The van der Waals surface area contributed by atoms with Gasteiger partial charge in [0.2, 0.25) is 11.9 Å². The molecule has 4 rings (SSSR count). The van der Waals surface area contributed by atoms with Gasteiger partial charge in [-0.3, -0.25) is 4.79 Å². The lowest BCUT2D eigenvalue weighted by molar-refractivity contribution is -0.125. The highest BCUT2D eigenvalue weighted by molar-refractivity contribution is 5.79. The van der Waals surface area contributed by atoms with E-state index in [1.807, 2.05) is 35.0 Å². The van der Waals surface area contributed by atoms with Crippen LogP contribution in [0.2, 0.25) is 0 Å². The van der Waals surface area contributed by atoms with Crippen LogP contribution in [0.25, 0.3) is 5.65 Å². The third kappa shape index (κ3) is 3.66. The highest BCUT2D eigenvalue weighted by atomic mass is 16.1. The van der Waals surface area contributed by atoms with Gasteiger partial charge in [0, 0.05) is 50.8 Å². The number of imidazole rings is 1. The number of fused-ring (bicyclic) bond motifs is 1. The highest BCUT2D eigenvalue weighted by Crippen LogP contribution is 2.20. The molecule has 1 aliphatic rings. The maximum atomic E-state index is 12.5. The molecule has 0 aliphatic carbocycles. The summed E-state index contributed by atoms with van der Waals surface area (Å²) >= 11 is 0. The number of rotatable bonds is 5. The summed E-state index contributed by atoms with van der Waals surface area (Å²) in [5.41, 5.74) is 1.92. The van der Waals surface area contributed by atoms with Crippen LogP contribution in [0.5, 0.6) is 0 Å². The summed E-state index contributed by atoms with van der Waals surface area (Å²) in [6.45, 7) is 2.17. The summed E-state index contributed by atoms with van der Waals surface area (Å²) in [6, 6.07) is 7.73. The fourth-order valence-electron chi connectivity index (χ4n) is 3.39. The Morgan fingerprint density at radius 3 is 2.96 bits per heavy atom. The van der Waals surface area contributed by atoms with E-state index in [4.69, 9.17) is 0 Å². The van der Waals surface area contributed by atoms with Crippen LogP contribution in [0.15, 0.2) is 49.1 Å². The maximum Gasteiger partial charge on any atom is 0.225 e. The van der Waals surface area contributed by atoms with E-state index in [-0.39, 0.29) is 11.8 Å². The van der Waals surface area contributed by atoms with Gasteiger partial charge in [0.1, 0.15) is 5.65 Å². The molecule has 1 unspecified atom stereocenters. The van der Waals surface area contributed by atoms with Crippen molar-refractivity contribution in [3.8, 4) is 0 Å². The predicted molar refractivity (Wildman–Crippen MR) is 98.9 cm³/mol. The predicted octanol–water partition coefficient (Wildman–Crippen LogP) is 1.70. The van der Waals surface area contributed by atoms with Crippen molar-refractivity contribution < 1.29 is 4.79 Å². The number of anilines is 1. The van der Waals surface area contributed by atoms with Gasteiger partial charge in [-0.1, -0.05) is 6.07 Å². The fourth-order valence-corrected chi connectivity index (χ4v) is 3.39. The van der Waals surface area contributed by atoms with Gasteiger partial charge in [-0.25, -0.2) is 15.0 Å². The van der Waals surface area contributed by atoms with Crippen molar-refractivity contribution in [2.45, 2.75) is 19.3 Å². The van der Waals surface area contributed by atoms with Crippen LogP contribution in [0.1, 0.15) is 18.5 Å². The fraction of sp³-hybridized carbons (Fsp3) is 0.368. The van der Waals surface area contributed by atoms with Crippen LogP contribution in [0.4, 0.5) is 5.95 Å². The first-order valence-corrected chi connectivity index (χ1v) is 9.02. The molecule has 0 saturated carbocycles. The number of carbonyl (C=O) groups is 1. The summed E-state index contributed by atoms with van der Waals surface area (Å²) in [7, 11) is 0. The van der Waals surface area contributed by atoms with Crippen molar-refractivity contribution in [1.29, 1.82) is 0 Å². The average Bonchev–Trinajstić information content (AvgIpc) is 3.11. The molecular formula is C19H22N6O. The van der Waals surface area contributed by atoms with Gasteiger partial charge in [0.15, 0.2) is 0 Å². The molecule has 1 aliphatic heterocycles. The van der Waals surface area contributed by atoms with E-state index in [2.05, 4.69) is 25.2 Å². The standard InChI is InChI=1S/C19H22N6O/c26-18(15-5-3-12-25(13-15)19-21-8-4-9-22-19)20-10-7-16-14-24-11-2-1-6-17(24)23-16/h1-2,4,6,8-9,11,14-15H,3,5,7,10,12-13H2,(H,20,26). The Hall–Kier alpha value is -2.96. The average molecular weight is 350 g/mol. The van der Waals surface area contributed by atoms with E-state index < -0.39 is 0 Å². The Morgan fingerprint density at radius 1 is 1.23 bits per heavy atom. The second-order valence-electron chi connectivity index (χ2n) is 6.57. The number of nitrogens with zero attached hydrogens (tertiary/aromatic N) is 5. The number of piperidine rings is 1. The molecule has 7 nitrogen and oxygen atoms in total. The number of amides is 1. The Balaban J connectivity index is 1.30. The van der Waals surface area contributed by atoms with Gasteiger partial charge < -0.3 is 14.6 Å². The van der Waals surface area contributed by atoms with Crippen molar-refractivity contribution in [1.82, 2.24) is 24.7 Å². The monoisotopic (exact) mass is 350 g/mol. The minimum absolute atomic E-state index is 0.0198. The zero-order valence-corrected chi connectivity index (χ0v) is 14.6. The van der Waals surface area contributed by atoms with Gasteiger partial charge in [0.05, 0.1) is 11.6 Å². The molecular weight excluding hydrogens is 328 g/mol. The van der Waals surface area contributed by atoms with Gasteiger partial charge in [-0.05, 0) is 31.0 Å². The number of pyridine rings is 1. The molecule has 1 N–H and O–H groups in total. The van der Waals surface area contributed by atoms with E-state index in [9.17, 15) is 4.79 Å². The van der Waals surface area contributed by atoms with Crippen LogP contribution < -0.4 is 10.2 Å². The molecule has 1 fully saturated rings. The lowest BCUT2D eigenvalue weighted by Gasteiger charge is -2.31. The molecule has 26 heavy (non-hydrogen) atoms. The molecule has 0 aromatic carbocycles. The highest BCUT2D eigenvalue weighted by Gasteiger charge is 2.26. The molecule has 7 heteroatoms. The van der Waals surface area contributed by atoms with Crippen molar-refractivity contribution >= 4 is 17.5 Å². The normalized spacial score (nSPS) is 17.4. The Bertz CT molecular complexity index is 845. The van der Waals surface area contributed by atoms with E-state index >= 15 is 0 Å². The molecule has 0 spiro atoms. The van der Waals surface area contributed by atoms with E-state index in [0.29, 0.717) is 19.0 Å². The summed E-state index contributed by atoms with van der Waals surface area (Å²) in [6.07, 6.45) is 10.1. The molecule has 1 saturated heterocycles. The van der Waals surface area contributed by atoms with Crippen LogP contribution >= 0.6 is 0 Å². The van der Waals surface area contributed by atoms with Crippen LogP contribution in [-0.4, -0.2) is 44.9 Å². The zero-order chi connectivity index (χ0) is 17.8. The Kier molecular flexibility index (Phi) is 4.77. The number of hydrogen-bond acceptors (Lipinski definition) is 5. The summed E-state index contributed by atoms with van der Waals surface area (Å²) in [4.78, 5) is 27.8. The topological polar surface area (TPSA) is 75.4 Å². The third-order valence-corrected chi connectivity index (χ3v) is 4.72. The number of aromatic nitrogens is 4. The molecule has 0 bridgehead atoms. The van der Waals surface area contributed by atoms with Gasteiger partial charge in [0.25, 0.3) is 0 Å². The van der Waals surface area contributed by atoms with Crippen molar-refractivity contribution in [2.75, 3.05) is 24.5 Å². The van der Waals surface area contributed by atoms with Gasteiger partial charge >= 0.3 is 0 Å². The molecule has 1 atom stereocenters. The van der Waals surface area contributed by atoms with Crippen LogP contribution in [-0.2, 0) is 11.2 Å². The molecule has 1 amide bonds. The molecule has 134 valence electrons. The number of carbonyl (C=O) groups excluding carboxylic acids is 1. The summed E-state index contributed by atoms with van der Waals surface area (Å²) < 4.78 is 2.00. The zero-order valence-electron chi connectivity index (χ0n) is 14.6. The van der Waals surface area contributed by atoms with E-state index in [1.165, 1.54) is 0 Å². The quantitative estimate of drug-likeness (QED) is 0.758.